The quantitative estimate of drug-likeness (QED) is 0.513. The number of hydrogen-bond acceptors (Lipinski definition) is 2. The van der Waals surface area contributed by atoms with E-state index in [4.69, 9.17) is 9.47 Å². The fourth-order valence-corrected chi connectivity index (χ4v) is 2.84. The summed E-state index contributed by atoms with van der Waals surface area (Å²) in [5, 5.41) is 0. The minimum Gasteiger partial charge on any atom is -0.356 e. The molecule has 0 saturated heterocycles. The van der Waals surface area contributed by atoms with Gasteiger partial charge in [-0.25, -0.2) is 4.39 Å². The van der Waals surface area contributed by atoms with Crippen molar-refractivity contribution in [2.24, 2.45) is 5.92 Å². The minimum absolute atomic E-state index is 0.129. The highest BCUT2D eigenvalue weighted by atomic mass is 19.1. The Balaban J connectivity index is 2.58. The summed E-state index contributed by atoms with van der Waals surface area (Å²) in [6.45, 7) is 8.84. The molecule has 1 rings (SSSR count). The summed E-state index contributed by atoms with van der Waals surface area (Å²) in [5.41, 5.74) is -1.39. The third-order valence-electron chi connectivity index (χ3n) is 3.85. The molecule has 0 spiro atoms. The van der Waals surface area contributed by atoms with Gasteiger partial charge in [0.05, 0.1) is 5.60 Å². The van der Waals surface area contributed by atoms with E-state index in [1.807, 2.05) is 20.8 Å². The van der Waals surface area contributed by atoms with Gasteiger partial charge in [-0.3, -0.25) is 0 Å². The summed E-state index contributed by atoms with van der Waals surface area (Å²) in [5.74, 6) is 0.129. The molecule has 3 heteroatoms. The average Bonchev–Trinajstić information content (AvgIpc) is 2.52. The molecule has 0 amide bonds. The van der Waals surface area contributed by atoms with Crippen LogP contribution in [0.1, 0.15) is 53.4 Å². The summed E-state index contributed by atoms with van der Waals surface area (Å²) >= 11 is 0. The molecule has 0 bridgehead atoms. The number of alkyl halides is 1. The smallest absolute Gasteiger partial charge is 0.147 e. The van der Waals surface area contributed by atoms with Crippen LogP contribution in [0.3, 0.4) is 0 Å². The van der Waals surface area contributed by atoms with Gasteiger partial charge in [0.1, 0.15) is 12.5 Å². The van der Waals surface area contributed by atoms with Crippen molar-refractivity contribution in [1.29, 1.82) is 0 Å². The van der Waals surface area contributed by atoms with Crippen molar-refractivity contribution in [1.82, 2.24) is 0 Å². The molecule has 96 valence electrons. The fraction of sp³-hybridized carbons (Fsp3) is 1.00. The van der Waals surface area contributed by atoms with Crippen molar-refractivity contribution in [3.05, 3.63) is 0 Å². The van der Waals surface area contributed by atoms with Crippen molar-refractivity contribution in [2.45, 2.75) is 64.6 Å². The van der Waals surface area contributed by atoms with Crippen LogP contribution in [0.15, 0.2) is 0 Å². The third kappa shape index (κ3) is 2.95. The monoisotopic (exact) mass is 232 g/mol. The van der Waals surface area contributed by atoms with Crippen LogP contribution in [-0.4, -0.2) is 24.7 Å². The molecule has 0 heterocycles. The van der Waals surface area contributed by atoms with Crippen LogP contribution < -0.4 is 0 Å². The molecule has 3 atom stereocenters. The normalized spacial score (nSPS) is 39.2. The highest BCUT2D eigenvalue weighted by Crippen LogP contribution is 2.49. The fourth-order valence-electron chi connectivity index (χ4n) is 2.84. The second-order valence-corrected chi connectivity index (χ2v) is 5.08. The first-order valence-corrected chi connectivity index (χ1v) is 6.40. The average molecular weight is 232 g/mol. The van der Waals surface area contributed by atoms with Gasteiger partial charge in [0.2, 0.25) is 0 Å². The molecule has 1 aliphatic rings. The van der Waals surface area contributed by atoms with E-state index in [0.717, 1.165) is 12.8 Å². The molecule has 3 unspecified atom stereocenters. The van der Waals surface area contributed by atoms with Crippen molar-refractivity contribution in [2.75, 3.05) is 13.4 Å². The summed E-state index contributed by atoms with van der Waals surface area (Å²) in [6, 6.07) is 0. The summed E-state index contributed by atoms with van der Waals surface area (Å²) in [6.07, 6.45) is 2.78. The van der Waals surface area contributed by atoms with E-state index >= 15 is 0 Å². The zero-order chi connectivity index (χ0) is 12.2. The van der Waals surface area contributed by atoms with E-state index in [9.17, 15) is 4.39 Å². The molecular formula is C13H25FO2. The maximum absolute atomic E-state index is 14.6. The Labute approximate surface area is 98.5 Å². The van der Waals surface area contributed by atoms with Gasteiger partial charge in [-0.05, 0) is 32.6 Å². The number of halogens is 1. The Morgan fingerprint density at radius 1 is 1.31 bits per heavy atom. The lowest BCUT2D eigenvalue weighted by atomic mass is 9.88. The summed E-state index contributed by atoms with van der Waals surface area (Å²) in [7, 11) is 0. The second-order valence-electron chi connectivity index (χ2n) is 5.08. The number of rotatable bonds is 6. The van der Waals surface area contributed by atoms with Crippen molar-refractivity contribution in [3.63, 3.8) is 0 Å². The Hall–Kier alpha value is -0.150. The first-order chi connectivity index (χ1) is 7.49. The van der Waals surface area contributed by atoms with Gasteiger partial charge < -0.3 is 9.47 Å². The highest BCUT2D eigenvalue weighted by molar-refractivity contribution is 5.02. The van der Waals surface area contributed by atoms with Crippen LogP contribution in [0.25, 0.3) is 0 Å². The van der Waals surface area contributed by atoms with Crippen LogP contribution >= 0.6 is 0 Å². The molecule has 2 nitrogen and oxygen atoms in total. The van der Waals surface area contributed by atoms with Gasteiger partial charge in [0.15, 0.2) is 0 Å². The zero-order valence-electron chi connectivity index (χ0n) is 11.0. The van der Waals surface area contributed by atoms with E-state index in [1.165, 1.54) is 0 Å². The first-order valence-electron chi connectivity index (χ1n) is 6.40. The van der Waals surface area contributed by atoms with Gasteiger partial charge >= 0.3 is 0 Å². The molecule has 0 aromatic carbocycles. The van der Waals surface area contributed by atoms with Gasteiger partial charge in [0, 0.05) is 13.0 Å². The maximum atomic E-state index is 14.6. The summed E-state index contributed by atoms with van der Waals surface area (Å²) in [4.78, 5) is 0. The van der Waals surface area contributed by atoms with E-state index in [0.29, 0.717) is 19.4 Å². The van der Waals surface area contributed by atoms with Gasteiger partial charge in [0.25, 0.3) is 0 Å². The molecule has 0 radical (unpaired) electrons. The van der Waals surface area contributed by atoms with Crippen LogP contribution in [0.4, 0.5) is 4.39 Å². The van der Waals surface area contributed by atoms with Gasteiger partial charge in [-0.1, -0.05) is 20.3 Å². The van der Waals surface area contributed by atoms with Crippen LogP contribution in [0.5, 0.6) is 0 Å². The van der Waals surface area contributed by atoms with E-state index < -0.39 is 5.67 Å². The lowest BCUT2D eigenvalue weighted by Crippen LogP contribution is -2.30. The van der Waals surface area contributed by atoms with E-state index in [2.05, 4.69) is 6.92 Å². The number of hydrogen-bond donors (Lipinski definition) is 0. The molecule has 0 aromatic heterocycles. The lowest BCUT2D eigenvalue weighted by molar-refractivity contribution is -0.134. The highest BCUT2D eigenvalue weighted by Gasteiger charge is 2.52. The topological polar surface area (TPSA) is 18.5 Å². The largest absolute Gasteiger partial charge is 0.356 e. The van der Waals surface area contributed by atoms with Crippen LogP contribution in [-0.2, 0) is 9.47 Å². The Morgan fingerprint density at radius 3 is 2.44 bits per heavy atom. The molecule has 0 aromatic rings. The van der Waals surface area contributed by atoms with Crippen molar-refractivity contribution < 1.29 is 13.9 Å². The number of ether oxygens (including phenoxy) is 2. The first kappa shape index (κ1) is 13.9. The lowest BCUT2D eigenvalue weighted by Gasteiger charge is -2.26. The molecule has 0 aliphatic heterocycles. The van der Waals surface area contributed by atoms with Crippen LogP contribution in [0, 0.1) is 5.92 Å². The Kier molecular flexibility index (Phi) is 4.74. The standard InChI is InChI=1S/C13H25FO2/c1-5-11-8-12(4,16-10-15-7-3)9-13(11,14)6-2/h11H,5-10H2,1-4H3. The van der Waals surface area contributed by atoms with E-state index in [1.54, 1.807) is 0 Å². The Bertz CT molecular complexity index is 222. The predicted octanol–water partition coefficient (Wildman–Crippen LogP) is 3.69. The maximum Gasteiger partial charge on any atom is 0.147 e. The minimum atomic E-state index is -1.05. The molecule has 16 heavy (non-hydrogen) atoms. The van der Waals surface area contributed by atoms with Gasteiger partial charge in [-0.2, -0.15) is 0 Å². The van der Waals surface area contributed by atoms with Crippen molar-refractivity contribution in [3.8, 4) is 0 Å². The van der Waals surface area contributed by atoms with Gasteiger partial charge in [-0.15, -0.1) is 0 Å². The molecular weight excluding hydrogens is 207 g/mol. The molecule has 1 fully saturated rings. The third-order valence-corrected chi connectivity index (χ3v) is 3.85. The molecule has 1 aliphatic carbocycles. The predicted molar refractivity (Wildman–Crippen MR) is 63.1 cm³/mol. The Morgan fingerprint density at radius 2 is 2.00 bits per heavy atom. The zero-order valence-corrected chi connectivity index (χ0v) is 11.0. The van der Waals surface area contributed by atoms with E-state index in [-0.39, 0.29) is 18.3 Å². The van der Waals surface area contributed by atoms with Crippen molar-refractivity contribution >= 4 is 0 Å². The van der Waals surface area contributed by atoms with Crippen LogP contribution in [0.2, 0.25) is 0 Å². The summed E-state index contributed by atoms with van der Waals surface area (Å²) < 4.78 is 25.5. The second kappa shape index (κ2) is 5.46. The molecule has 1 saturated carbocycles. The molecule has 0 N–H and O–H groups in total. The SMILES string of the molecule is CCOCOC1(C)CC(CC)C(F)(CC)C1.